The molecule has 0 bridgehead atoms. The first-order chi connectivity index (χ1) is 14.8. The molecule has 0 aliphatic carbocycles. The van der Waals surface area contributed by atoms with E-state index in [1.807, 2.05) is 50.2 Å². The average Bonchev–Trinajstić information content (AvgIpc) is 3.02. The third-order valence-corrected chi connectivity index (χ3v) is 5.78. The molecule has 0 saturated carbocycles. The number of hydrogen-bond donors (Lipinski definition) is 1. The van der Waals surface area contributed by atoms with E-state index in [1.165, 1.54) is 12.0 Å². The van der Waals surface area contributed by atoms with Crippen molar-refractivity contribution in [3.05, 3.63) is 64.2 Å². The molecule has 1 atom stereocenters. The number of Topliss-reactive ketones (excluding diaryl/α,β-unsaturated/α-hetero) is 1. The molecule has 1 aliphatic heterocycles. The highest BCUT2D eigenvalue weighted by molar-refractivity contribution is 6.47. The Morgan fingerprint density at radius 1 is 1.16 bits per heavy atom. The lowest BCUT2D eigenvalue weighted by Crippen LogP contribution is -2.30. The number of methoxy groups -OCH3 is 1. The third kappa shape index (κ3) is 4.39. The summed E-state index contributed by atoms with van der Waals surface area (Å²) in [6, 6.07) is 11.7. The second-order valence-corrected chi connectivity index (χ2v) is 8.08. The minimum absolute atomic E-state index is 0.0360. The molecule has 2 aromatic carbocycles. The predicted molar refractivity (Wildman–Crippen MR) is 123 cm³/mol. The molecular formula is C24H27ClN2O4. The zero-order chi connectivity index (χ0) is 22.7. The number of amides is 1. The molecule has 6 nitrogen and oxygen atoms in total. The summed E-state index contributed by atoms with van der Waals surface area (Å²) in [6.07, 6.45) is 1.62. The van der Waals surface area contributed by atoms with Crippen LogP contribution in [0.5, 0.6) is 5.75 Å². The molecule has 0 radical (unpaired) electrons. The molecule has 1 aliphatic rings. The first-order valence-electron chi connectivity index (χ1n) is 10.2. The number of likely N-dealkylation sites (tertiary alicyclic amines) is 1. The molecule has 7 heteroatoms. The lowest BCUT2D eigenvalue weighted by Gasteiger charge is -2.26. The lowest BCUT2D eigenvalue weighted by molar-refractivity contribution is -0.139. The number of ketones is 1. The Morgan fingerprint density at radius 2 is 1.84 bits per heavy atom. The number of carbonyl (C=O) groups is 2. The van der Waals surface area contributed by atoms with Crippen molar-refractivity contribution in [2.75, 3.05) is 32.6 Å². The van der Waals surface area contributed by atoms with E-state index in [1.54, 1.807) is 18.2 Å². The first-order valence-corrected chi connectivity index (χ1v) is 10.6. The van der Waals surface area contributed by atoms with Gasteiger partial charge in [-0.3, -0.25) is 9.59 Å². The minimum atomic E-state index is -0.714. The van der Waals surface area contributed by atoms with Gasteiger partial charge in [0.25, 0.3) is 11.7 Å². The number of halogens is 1. The van der Waals surface area contributed by atoms with Gasteiger partial charge in [-0.15, -0.1) is 0 Å². The van der Waals surface area contributed by atoms with Gasteiger partial charge in [-0.05, 0) is 42.3 Å². The van der Waals surface area contributed by atoms with Crippen LogP contribution in [0.4, 0.5) is 5.69 Å². The molecule has 3 rings (SSSR count). The molecule has 1 saturated heterocycles. The molecule has 1 N–H and O–H groups in total. The van der Waals surface area contributed by atoms with Crippen molar-refractivity contribution in [2.45, 2.75) is 25.8 Å². The van der Waals surface area contributed by atoms with E-state index < -0.39 is 17.7 Å². The lowest BCUT2D eigenvalue weighted by atomic mass is 9.95. The Balaban J connectivity index is 2.18. The van der Waals surface area contributed by atoms with Gasteiger partial charge >= 0.3 is 0 Å². The van der Waals surface area contributed by atoms with Crippen LogP contribution in [0.2, 0.25) is 5.02 Å². The zero-order valence-corrected chi connectivity index (χ0v) is 18.9. The maximum Gasteiger partial charge on any atom is 0.295 e. The highest BCUT2D eigenvalue weighted by Gasteiger charge is 2.45. The monoisotopic (exact) mass is 442 g/mol. The van der Waals surface area contributed by atoms with E-state index in [0.717, 1.165) is 24.1 Å². The number of aliphatic hydroxyl groups is 1. The molecule has 1 unspecified atom stereocenters. The number of aliphatic hydroxyl groups excluding tert-OH is 1. The van der Waals surface area contributed by atoms with E-state index in [2.05, 4.69) is 0 Å². The molecule has 2 aromatic rings. The summed E-state index contributed by atoms with van der Waals surface area (Å²) in [7, 11) is 5.38. The summed E-state index contributed by atoms with van der Waals surface area (Å²) in [5.74, 6) is -1.15. The van der Waals surface area contributed by atoms with Crippen molar-refractivity contribution >= 4 is 34.7 Å². The average molecular weight is 443 g/mol. The van der Waals surface area contributed by atoms with Crippen LogP contribution in [0.1, 0.15) is 36.9 Å². The van der Waals surface area contributed by atoms with Crippen LogP contribution in [-0.2, 0) is 9.59 Å². The number of hydrogen-bond acceptors (Lipinski definition) is 5. The molecule has 1 fully saturated rings. The van der Waals surface area contributed by atoms with Gasteiger partial charge in [-0.25, -0.2) is 0 Å². The van der Waals surface area contributed by atoms with E-state index in [-0.39, 0.29) is 21.9 Å². The van der Waals surface area contributed by atoms with Crippen molar-refractivity contribution in [1.29, 1.82) is 0 Å². The van der Waals surface area contributed by atoms with Gasteiger partial charge in [0.2, 0.25) is 0 Å². The first kappa shape index (κ1) is 22.7. The summed E-state index contributed by atoms with van der Waals surface area (Å²) < 4.78 is 5.23. The largest absolute Gasteiger partial charge is 0.507 e. The fourth-order valence-corrected chi connectivity index (χ4v) is 3.91. The van der Waals surface area contributed by atoms with Crippen molar-refractivity contribution < 1.29 is 19.4 Å². The highest BCUT2D eigenvalue weighted by atomic mass is 35.5. The quantitative estimate of drug-likeness (QED) is 0.384. The number of anilines is 1. The van der Waals surface area contributed by atoms with Gasteiger partial charge in [0.1, 0.15) is 11.5 Å². The molecule has 1 amide bonds. The standard InChI is InChI=1S/C24H27ClN2O4/c1-5-6-13-27-21(15-7-9-16(10-8-15)26(2)3)20(23(29)24(27)30)22(28)18-14-17(31-4)11-12-19(18)25/h7-12,14,21,28H,5-6,13H2,1-4H3/b22-20+. The fourth-order valence-electron chi connectivity index (χ4n) is 3.70. The summed E-state index contributed by atoms with van der Waals surface area (Å²) >= 11 is 6.31. The molecular weight excluding hydrogens is 416 g/mol. The molecule has 0 spiro atoms. The fraction of sp³-hybridized carbons (Fsp3) is 0.333. The normalized spacial score (nSPS) is 17.8. The van der Waals surface area contributed by atoms with E-state index in [4.69, 9.17) is 16.3 Å². The summed E-state index contributed by atoms with van der Waals surface area (Å²) in [6.45, 7) is 2.44. The van der Waals surface area contributed by atoms with Crippen LogP contribution in [-0.4, -0.2) is 49.4 Å². The summed E-state index contributed by atoms with van der Waals surface area (Å²) in [4.78, 5) is 29.4. The Morgan fingerprint density at radius 3 is 2.42 bits per heavy atom. The molecule has 164 valence electrons. The van der Waals surface area contributed by atoms with Crippen LogP contribution >= 0.6 is 11.6 Å². The highest BCUT2D eigenvalue weighted by Crippen LogP contribution is 2.41. The van der Waals surface area contributed by atoms with Crippen molar-refractivity contribution in [2.24, 2.45) is 0 Å². The van der Waals surface area contributed by atoms with Crippen LogP contribution in [0.25, 0.3) is 5.76 Å². The van der Waals surface area contributed by atoms with Gasteiger partial charge in [0, 0.05) is 31.9 Å². The minimum Gasteiger partial charge on any atom is -0.507 e. The van der Waals surface area contributed by atoms with E-state index in [9.17, 15) is 14.7 Å². The summed E-state index contributed by atoms with van der Waals surface area (Å²) in [5, 5.41) is 11.4. The number of rotatable bonds is 7. The molecule has 0 aromatic heterocycles. The van der Waals surface area contributed by atoms with Gasteiger partial charge in [0.05, 0.1) is 23.7 Å². The predicted octanol–water partition coefficient (Wildman–Crippen LogP) is 4.64. The zero-order valence-electron chi connectivity index (χ0n) is 18.2. The maximum absolute atomic E-state index is 13.0. The van der Waals surface area contributed by atoms with Crippen LogP contribution in [0.3, 0.4) is 0 Å². The number of carbonyl (C=O) groups excluding carboxylic acids is 2. The summed E-state index contributed by atoms with van der Waals surface area (Å²) in [5.41, 5.74) is 2.03. The van der Waals surface area contributed by atoms with Crippen LogP contribution in [0.15, 0.2) is 48.0 Å². The Hall–Kier alpha value is -2.99. The Bertz CT molecular complexity index is 1010. The van der Waals surface area contributed by atoms with Gasteiger partial charge < -0.3 is 19.6 Å². The topological polar surface area (TPSA) is 70.1 Å². The van der Waals surface area contributed by atoms with Gasteiger partial charge in [-0.1, -0.05) is 37.1 Å². The van der Waals surface area contributed by atoms with Gasteiger partial charge in [-0.2, -0.15) is 0 Å². The maximum atomic E-state index is 13.0. The molecule has 31 heavy (non-hydrogen) atoms. The smallest absolute Gasteiger partial charge is 0.295 e. The number of ether oxygens (including phenoxy) is 1. The molecule has 1 heterocycles. The second-order valence-electron chi connectivity index (χ2n) is 7.68. The van der Waals surface area contributed by atoms with Crippen LogP contribution in [0, 0.1) is 0 Å². The van der Waals surface area contributed by atoms with Crippen molar-refractivity contribution in [1.82, 2.24) is 4.90 Å². The van der Waals surface area contributed by atoms with E-state index >= 15 is 0 Å². The Kier molecular flexibility index (Phi) is 6.91. The van der Waals surface area contributed by atoms with Gasteiger partial charge in [0.15, 0.2) is 0 Å². The van der Waals surface area contributed by atoms with Crippen molar-refractivity contribution in [3.8, 4) is 5.75 Å². The second kappa shape index (κ2) is 9.43. The SMILES string of the molecule is CCCCN1C(=O)C(=O)/C(=C(/O)c2cc(OC)ccc2Cl)C1c1ccc(N(C)C)cc1. The number of nitrogens with zero attached hydrogens (tertiary/aromatic N) is 2. The number of unbranched alkanes of at least 4 members (excludes halogenated alkanes) is 1. The van der Waals surface area contributed by atoms with E-state index in [0.29, 0.717) is 12.3 Å². The van der Waals surface area contributed by atoms with Crippen LogP contribution < -0.4 is 9.64 Å². The Labute approximate surface area is 187 Å². The number of benzene rings is 2. The third-order valence-electron chi connectivity index (χ3n) is 5.45. The van der Waals surface area contributed by atoms with Crippen molar-refractivity contribution in [3.63, 3.8) is 0 Å².